The zero-order valence-corrected chi connectivity index (χ0v) is 6.25. The molecule has 1 N–H and O–H groups in total. The number of hydrogen-bond acceptors (Lipinski definition) is 3. The Kier molecular flexibility index (Phi) is 1.68. The van der Waals surface area contributed by atoms with E-state index in [2.05, 4.69) is 4.74 Å². The Morgan fingerprint density at radius 1 is 1.55 bits per heavy atom. The number of carbonyl (C=O) groups excluding carboxylic acids is 1. The first kappa shape index (κ1) is 7.78. The summed E-state index contributed by atoms with van der Waals surface area (Å²) in [6.45, 7) is 3.14. The van der Waals surface area contributed by atoms with Gasteiger partial charge in [-0.2, -0.15) is 0 Å². The molecule has 1 aliphatic rings. The highest BCUT2D eigenvalue weighted by atomic mass is 16.6. The molecule has 0 spiro atoms. The standard InChI is InChI=1S/C7H8O4/c1-3-4(2)7(10)11-5(3)6(8)9/h5H,1-2H3,(H,8,9). The predicted octanol–water partition coefficient (Wildman–Crippen LogP) is 0.333. The van der Waals surface area contributed by atoms with Gasteiger partial charge in [-0.1, -0.05) is 0 Å². The van der Waals surface area contributed by atoms with Gasteiger partial charge in [-0.25, -0.2) is 9.59 Å². The molecule has 0 aromatic carbocycles. The normalized spacial score (nSPS) is 23.8. The number of cyclic esters (lactones) is 1. The number of rotatable bonds is 1. The maximum atomic E-state index is 10.8. The van der Waals surface area contributed by atoms with Crippen LogP contribution in [0.25, 0.3) is 0 Å². The van der Waals surface area contributed by atoms with Gasteiger partial charge in [0.25, 0.3) is 0 Å². The minimum absolute atomic E-state index is 0.400. The summed E-state index contributed by atoms with van der Waals surface area (Å²) in [7, 11) is 0. The Bertz CT molecular complexity index is 251. The summed E-state index contributed by atoms with van der Waals surface area (Å²) < 4.78 is 4.53. The number of hydrogen-bond donors (Lipinski definition) is 1. The highest BCUT2D eigenvalue weighted by Crippen LogP contribution is 2.21. The number of esters is 1. The zero-order chi connectivity index (χ0) is 8.59. The van der Waals surface area contributed by atoms with Crippen molar-refractivity contribution in [3.63, 3.8) is 0 Å². The Labute approximate surface area is 63.5 Å². The Balaban J connectivity index is 2.95. The van der Waals surface area contributed by atoms with Crippen molar-refractivity contribution in [2.45, 2.75) is 20.0 Å². The van der Waals surface area contributed by atoms with E-state index in [4.69, 9.17) is 5.11 Å². The van der Waals surface area contributed by atoms with E-state index in [-0.39, 0.29) is 0 Å². The molecule has 0 saturated carbocycles. The summed E-state index contributed by atoms with van der Waals surface area (Å²) in [5, 5.41) is 8.51. The third kappa shape index (κ3) is 1.11. The van der Waals surface area contributed by atoms with Gasteiger partial charge in [0.1, 0.15) is 0 Å². The summed E-state index contributed by atoms with van der Waals surface area (Å²) in [4.78, 5) is 21.1. The molecule has 1 rings (SSSR count). The smallest absolute Gasteiger partial charge is 0.349 e. The van der Waals surface area contributed by atoms with Gasteiger partial charge in [-0.05, 0) is 19.4 Å². The van der Waals surface area contributed by atoms with Crippen LogP contribution in [0.5, 0.6) is 0 Å². The van der Waals surface area contributed by atoms with Crippen molar-refractivity contribution in [1.29, 1.82) is 0 Å². The summed E-state index contributed by atoms with van der Waals surface area (Å²) in [6.07, 6.45) is -1.07. The SMILES string of the molecule is CC1=C(C)C(C(=O)O)OC1=O. The minimum atomic E-state index is -1.12. The van der Waals surface area contributed by atoms with E-state index in [1.807, 2.05) is 0 Å². The number of carboxylic acids is 1. The second-order valence-electron chi connectivity index (χ2n) is 2.43. The first-order valence-corrected chi connectivity index (χ1v) is 3.15. The largest absolute Gasteiger partial charge is 0.478 e. The molecule has 0 amide bonds. The van der Waals surface area contributed by atoms with Gasteiger partial charge in [0.15, 0.2) is 0 Å². The highest BCUT2D eigenvalue weighted by molar-refractivity contribution is 5.96. The summed E-state index contributed by atoms with van der Waals surface area (Å²) in [5.74, 6) is -1.65. The van der Waals surface area contributed by atoms with Crippen LogP contribution in [0.4, 0.5) is 0 Å². The molecule has 4 heteroatoms. The summed E-state index contributed by atoms with van der Waals surface area (Å²) in [6, 6.07) is 0. The van der Waals surface area contributed by atoms with E-state index in [9.17, 15) is 9.59 Å². The number of aliphatic carboxylic acids is 1. The number of carboxylic acid groups (broad SMARTS) is 1. The lowest BCUT2D eigenvalue weighted by Gasteiger charge is -2.03. The molecule has 4 nitrogen and oxygen atoms in total. The molecule has 11 heavy (non-hydrogen) atoms. The van der Waals surface area contributed by atoms with E-state index < -0.39 is 18.0 Å². The van der Waals surface area contributed by atoms with E-state index in [1.54, 1.807) is 13.8 Å². The Morgan fingerprint density at radius 3 is 2.27 bits per heavy atom. The second kappa shape index (κ2) is 2.38. The lowest BCUT2D eigenvalue weighted by molar-refractivity contribution is -0.155. The van der Waals surface area contributed by atoms with Gasteiger partial charge >= 0.3 is 11.9 Å². The lowest BCUT2D eigenvalue weighted by atomic mass is 10.1. The van der Waals surface area contributed by atoms with Crippen LogP contribution in [0, 0.1) is 0 Å². The first-order chi connectivity index (χ1) is 5.04. The number of ether oxygens (including phenoxy) is 1. The fraction of sp³-hybridized carbons (Fsp3) is 0.429. The first-order valence-electron chi connectivity index (χ1n) is 3.15. The zero-order valence-electron chi connectivity index (χ0n) is 6.25. The molecule has 0 fully saturated rings. The molecule has 60 valence electrons. The molecule has 0 aliphatic carbocycles. The van der Waals surface area contributed by atoms with E-state index >= 15 is 0 Å². The second-order valence-corrected chi connectivity index (χ2v) is 2.43. The van der Waals surface area contributed by atoms with Gasteiger partial charge in [0.05, 0.1) is 0 Å². The average molecular weight is 156 g/mol. The van der Waals surface area contributed by atoms with Crippen molar-refractivity contribution in [3.05, 3.63) is 11.1 Å². The molecule has 0 saturated heterocycles. The maximum absolute atomic E-state index is 10.8. The fourth-order valence-corrected chi connectivity index (χ4v) is 0.877. The van der Waals surface area contributed by atoms with Crippen molar-refractivity contribution in [3.8, 4) is 0 Å². The topological polar surface area (TPSA) is 63.6 Å². The molecule has 0 radical (unpaired) electrons. The molecule has 0 aromatic heterocycles. The van der Waals surface area contributed by atoms with Crippen LogP contribution < -0.4 is 0 Å². The van der Waals surface area contributed by atoms with Crippen molar-refractivity contribution in [2.24, 2.45) is 0 Å². The summed E-state index contributed by atoms with van der Waals surface area (Å²) in [5.41, 5.74) is 0.889. The van der Waals surface area contributed by atoms with Crippen LogP contribution in [-0.2, 0) is 14.3 Å². The molecule has 0 aromatic rings. The van der Waals surface area contributed by atoms with Crippen LogP contribution in [0.3, 0.4) is 0 Å². The fourth-order valence-electron chi connectivity index (χ4n) is 0.877. The van der Waals surface area contributed by atoms with Gasteiger partial charge < -0.3 is 9.84 Å². The van der Waals surface area contributed by atoms with Crippen molar-refractivity contribution in [2.75, 3.05) is 0 Å². The Hall–Kier alpha value is -1.32. The molecular weight excluding hydrogens is 148 g/mol. The van der Waals surface area contributed by atoms with Crippen LogP contribution in [0.2, 0.25) is 0 Å². The predicted molar refractivity (Wildman–Crippen MR) is 35.9 cm³/mol. The quantitative estimate of drug-likeness (QED) is 0.556. The molecule has 1 aliphatic heterocycles. The molecular formula is C7H8O4. The Morgan fingerprint density at radius 2 is 2.09 bits per heavy atom. The number of carbonyl (C=O) groups is 2. The third-order valence-electron chi connectivity index (χ3n) is 1.74. The van der Waals surface area contributed by atoms with Crippen LogP contribution in [-0.4, -0.2) is 23.1 Å². The van der Waals surface area contributed by atoms with Gasteiger partial charge in [0.2, 0.25) is 6.10 Å². The minimum Gasteiger partial charge on any atom is -0.478 e. The van der Waals surface area contributed by atoms with E-state index in [0.29, 0.717) is 11.1 Å². The van der Waals surface area contributed by atoms with Crippen LogP contribution in [0.1, 0.15) is 13.8 Å². The maximum Gasteiger partial charge on any atom is 0.349 e. The summed E-state index contributed by atoms with van der Waals surface area (Å²) >= 11 is 0. The third-order valence-corrected chi connectivity index (χ3v) is 1.74. The van der Waals surface area contributed by atoms with Crippen molar-refractivity contribution < 1.29 is 19.4 Å². The molecule has 1 atom stereocenters. The average Bonchev–Trinajstić information content (AvgIpc) is 2.17. The monoisotopic (exact) mass is 156 g/mol. The lowest BCUT2D eigenvalue weighted by Crippen LogP contribution is -2.21. The van der Waals surface area contributed by atoms with Gasteiger partial charge in [-0.3, -0.25) is 0 Å². The van der Waals surface area contributed by atoms with E-state index in [1.165, 1.54) is 0 Å². The van der Waals surface area contributed by atoms with Gasteiger partial charge in [-0.15, -0.1) is 0 Å². The van der Waals surface area contributed by atoms with Crippen molar-refractivity contribution >= 4 is 11.9 Å². The van der Waals surface area contributed by atoms with E-state index in [0.717, 1.165) is 0 Å². The van der Waals surface area contributed by atoms with Gasteiger partial charge in [0, 0.05) is 5.57 Å². The highest BCUT2D eigenvalue weighted by Gasteiger charge is 2.33. The molecule has 0 bridgehead atoms. The van der Waals surface area contributed by atoms with Crippen molar-refractivity contribution in [1.82, 2.24) is 0 Å². The van der Waals surface area contributed by atoms with Crippen LogP contribution >= 0.6 is 0 Å². The molecule has 1 heterocycles. The molecule has 1 unspecified atom stereocenters. The van der Waals surface area contributed by atoms with Crippen LogP contribution in [0.15, 0.2) is 11.1 Å².